The van der Waals surface area contributed by atoms with Crippen molar-refractivity contribution in [1.82, 2.24) is 15.2 Å². The third-order valence-corrected chi connectivity index (χ3v) is 6.83. The lowest BCUT2D eigenvalue weighted by atomic mass is 9.99. The van der Waals surface area contributed by atoms with Crippen LogP contribution in [0.1, 0.15) is 35.8 Å². The predicted molar refractivity (Wildman–Crippen MR) is 141 cm³/mol. The number of aryl methyl sites for hydroxylation is 1. The van der Waals surface area contributed by atoms with Crippen molar-refractivity contribution in [3.8, 4) is 11.1 Å². The summed E-state index contributed by atoms with van der Waals surface area (Å²) < 4.78 is 43.7. The predicted octanol–water partition coefficient (Wildman–Crippen LogP) is 3.81. The van der Waals surface area contributed by atoms with Crippen molar-refractivity contribution in [3.63, 3.8) is 0 Å². The minimum absolute atomic E-state index is 0.0578. The molecule has 39 heavy (non-hydrogen) atoms. The average Bonchev–Trinajstić information content (AvgIpc) is 3.35. The van der Waals surface area contributed by atoms with E-state index in [1.54, 1.807) is 25.1 Å². The molecule has 0 spiro atoms. The maximum absolute atomic E-state index is 12.9. The molecule has 0 saturated carbocycles. The largest absolute Gasteiger partial charge is 0.392 e. The first-order valence-corrected chi connectivity index (χ1v) is 13.0. The topological polar surface area (TPSA) is 107 Å². The Balaban J connectivity index is 1.57. The summed E-state index contributed by atoms with van der Waals surface area (Å²) in [5, 5.41) is 15.1. The lowest BCUT2D eigenvalue weighted by molar-refractivity contribution is -0.143. The van der Waals surface area contributed by atoms with Crippen molar-refractivity contribution in [1.29, 1.82) is 0 Å². The van der Waals surface area contributed by atoms with Crippen LogP contribution in [0.25, 0.3) is 11.1 Å². The summed E-state index contributed by atoms with van der Waals surface area (Å²) in [6.07, 6.45) is -5.54. The SMILES string of the molecule is Cc1ccc(NC(=O)N2CC[C@@H](CC(F)(F)F)C2)cc1-c1cc(C(=O)NC[C@@H](C)O)nc(N2CCOCC2)c1. The van der Waals surface area contributed by atoms with Crippen molar-refractivity contribution in [2.24, 2.45) is 5.92 Å². The maximum atomic E-state index is 12.9. The normalized spacial score (nSPS) is 18.7. The van der Waals surface area contributed by atoms with Crippen LogP contribution in [0.15, 0.2) is 30.3 Å². The number of nitrogens with one attached hydrogen (secondary N) is 2. The number of rotatable bonds is 7. The van der Waals surface area contributed by atoms with E-state index in [-0.39, 0.29) is 25.3 Å². The second-order valence-corrected chi connectivity index (χ2v) is 10.1. The smallest absolute Gasteiger partial charge is 0.389 e. The molecule has 0 unspecified atom stereocenters. The summed E-state index contributed by atoms with van der Waals surface area (Å²) in [6, 6.07) is 8.46. The van der Waals surface area contributed by atoms with Gasteiger partial charge in [0.15, 0.2) is 0 Å². The number of carbonyl (C=O) groups is 2. The van der Waals surface area contributed by atoms with Crippen LogP contribution in [0.5, 0.6) is 0 Å². The molecule has 12 heteroatoms. The highest BCUT2D eigenvalue weighted by molar-refractivity contribution is 5.95. The Kier molecular flexibility index (Phi) is 8.96. The lowest BCUT2D eigenvalue weighted by Gasteiger charge is -2.28. The Morgan fingerprint density at radius 3 is 2.62 bits per heavy atom. The summed E-state index contributed by atoms with van der Waals surface area (Å²) in [5.74, 6) is -0.408. The number of alkyl halides is 3. The lowest BCUT2D eigenvalue weighted by Crippen LogP contribution is -2.37. The molecule has 3 heterocycles. The van der Waals surface area contributed by atoms with Crippen LogP contribution in [0.2, 0.25) is 0 Å². The van der Waals surface area contributed by atoms with Gasteiger partial charge in [-0.25, -0.2) is 9.78 Å². The monoisotopic (exact) mass is 549 g/mol. The Morgan fingerprint density at radius 2 is 1.92 bits per heavy atom. The maximum Gasteiger partial charge on any atom is 0.389 e. The van der Waals surface area contributed by atoms with Gasteiger partial charge in [-0.3, -0.25) is 4.79 Å². The average molecular weight is 550 g/mol. The highest BCUT2D eigenvalue weighted by atomic mass is 19.4. The number of morpholine rings is 1. The first kappa shape index (κ1) is 28.6. The molecule has 1 aromatic carbocycles. The number of likely N-dealkylation sites (tertiary alicyclic amines) is 1. The Labute approximate surface area is 225 Å². The van der Waals surface area contributed by atoms with Crippen LogP contribution in [-0.2, 0) is 4.74 Å². The molecule has 0 aliphatic carbocycles. The number of carbonyl (C=O) groups excluding carboxylic acids is 2. The van der Waals surface area contributed by atoms with Gasteiger partial charge < -0.3 is 30.3 Å². The van der Waals surface area contributed by atoms with Crippen LogP contribution < -0.4 is 15.5 Å². The van der Waals surface area contributed by atoms with Gasteiger partial charge in [0.05, 0.1) is 19.3 Å². The second kappa shape index (κ2) is 12.2. The molecular weight excluding hydrogens is 515 g/mol. The zero-order chi connectivity index (χ0) is 28.2. The van der Waals surface area contributed by atoms with Gasteiger partial charge in [-0.15, -0.1) is 0 Å². The van der Waals surface area contributed by atoms with E-state index in [1.807, 2.05) is 24.0 Å². The quantitative estimate of drug-likeness (QED) is 0.485. The Hall–Kier alpha value is -3.38. The number of benzene rings is 1. The zero-order valence-electron chi connectivity index (χ0n) is 22.1. The molecule has 1 aromatic heterocycles. The Morgan fingerprint density at radius 1 is 1.18 bits per heavy atom. The number of ether oxygens (including phenoxy) is 1. The van der Waals surface area contributed by atoms with Gasteiger partial charge in [0, 0.05) is 44.8 Å². The van der Waals surface area contributed by atoms with Crippen LogP contribution in [0, 0.1) is 12.8 Å². The fourth-order valence-corrected chi connectivity index (χ4v) is 4.80. The number of anilines is 2. The number of aliphatic hydroxyl groups is 1. The number of hydrogen-bond donors (Lipinski definition) is 3. The number of aromatic nitrogens is 1. The number of urea groups is 1. The molecular formula is C27H34F3N5O4. The zero-order valence-corrected chi connectivity index (χ0v) is 22.1. The van der Waals surface area contributed by atoms with Gasteiger partial charge in [0.1, 0.15) is 11.5 Å². The summed E-state index contributed by atoms with van der Waals surface area (Å²) in [4.78, 5) is 33.7. The van der Waals surface area contributed by atoms with Crippen molar-refractivity contribution < 1.29 is 32.6 Å². The van der Waals surface area contributed by atoms with E-state index in [2.05, 4.69) is 15.6 Å². The second-order valence-electron chi connectivity index (χ2n) is 10.1. The van der Waals surface area contributed by atoms with E-state index < -0.39 is 36.6 Å². The first-order valence-electron chi connectivity index (χ1n) is 13.0. The molecule has 3 amide bonds. The van der Waals surface area contributed by atoms with Gasteiger partial charge >= 0.3 is 12.2 Å². The molecule has 2 aromatic rings. The van der Waals surface area contributed by atoms with E-state index in [1.165, 1.54) is 4.90 Å². The standard InChI is InChI=1S/C27H34F3N5O4/c1-17-3-4-21(32-26(38)35-6-5-19(16-35)14-27(28,29)30)13-22(17)20-11-23(25(37)31-15-18(2)36)33-24(12-20)34-7-9-39-10-8-34/h3-4,11-13,18-19,36H,5-10,14-16H2,1-2H3,(H,31,37)(H,32,38)/t18-,19+/m1/s1. The number of hydrogen-bond acceptors (Lipinski definition) is 6. The number of halogens is 3. The summed E-state index contributed by atoms with van der Waals surface area (Å²) in [5.41, 5.74) is 3.06. The summed E-state index contributed by atoms with van der Waals surface area (Å²) in [7, 11) is 0. The number of pyridine rings is 1. The van der Waals surface area contributed by atoms with Crippen molar-refractivity contribution >= 4 is 23.4 Å². The molecule has 2 aliphatic rings. The van der Waals surface area contributed by atoms with Gasteiger partial charge in [-0.1, -0.05) is 6.07 Å². The molecule has 2 aliphatic heterocycles. The molecule has 212 valence electrons. The van der Waals surface area contributed by atoms with E-state index >= 15 is 0 Å². The van der Waals surface area contributed by atoms with Crippen LogP contribution in [0.3, 0.4) is 0 Å². The molecule has 0 bridgehead atoms. The number of aliphatic hydroxyl groups excluding tert-OH is 1. The van der Waals surface area contributed by atoms with Gasteiger partial charge in [0.25, 0.3) is 5.91 Å². The van der Waals surface area contributed by atoms with E-state index in [9.17, 15) is 27.9 Å². The van der Waals surface area contributed by atoms with Crippen molar-refractivity contribution in [2.75, 3.05) is 56.2 Å². The third kappa shape index (κ3) is 7.82. The number of nitrogens with zero attached hydrogens (tertiary/aromatic N) is 3. The minimum atomic E-state index is -4.25. The van der Waals surface area contributed by atoms with Crippen LogP contribution in [0.4, 0.5) is 29.5 Å². The van der Waals surface area contributed by atoms with Crippen molar-refractivity contribution in [3.05, 3.63) is 41.6 Å². The van der Waals surface area contributed by atoms with Crippen LogP contribution in [-0.4, -0.2) is 85.1 Å². The van der Waals surface area contributed by atoms with Crippen molar-refractivity contribution in [2.45, 2.75) is 39.0 Å². The minimum Gasteiger partial charge on any atom is -0.392 e. The molecule has 3 N–H and O–H groups in total. The third-order valence-electron chi connectivity index (χ3n) is 6.83. The summed E-state index contributed by atoms with van der Waals surface area (Å²) in [6.45, 7) is 6.20. The highest BCUT2D eigenvalue weighted by Crippen LogP contribution is 2.32. The molecule has 2 fully saturated rings. The van der Waals surface area contributed by atoms with E-state index in [0.717, 1.165) is 11.1 Å². The highest BCUT2D eigenvalue weighted by Gasteiger charge is 2.36. The fraction of sp³-hybridized carbons (Fsp3) is 0.519. The molecule has 2 atom stereocenters. The fourth-order valence-electron chi connectivity index (χ4n) is 4.80. The van der Waals surface area contributed by atoms with Gasteiger partial charge in [-0.2, -0.15) is 13.2 Å². The molecule has 9 nitrogen and oxygen atoms in total. The van der Waals surface area contributed by atoms with Gasteiger partial charge in [-0.05, 0) is 67.1 Å². The van der Waals surface area contributed by atoms with E-state index in [0.29, 0.717) is 49.8 Å². The first-order chi connectivity index (χ1) is 18.5. The molecule has 0 radical (unpaired) electrons. The molecule has 4 rings (SSSR count). The van der Waals surface area contributed by atoms with E-state index in [4.69, 9.17) is 4.74 Å². The van der Waals surface area contributed by atoms with Gasteiger partial charge in [0.2, 0.25) is 0 Å². The van der Waals surface area contributed by atoms with Crippen LogP contribution >= 0.6 is 0 Å². The molecule has 2 saturated heterocycles. The number of amides is 3. The summed E-state index contributed by atoms with van der Waals surface area (Å²) >= 11 is 0. The Bertz CT molecular complexity index is 1180.